The summed E-state index contributed by atoms with van der Waals surface area (Å²) in [5, 5.41) is 4.52. The number of piperidine rings is 1. The minimum Gasteiger partial charge on any atom is -0.349 e. The van der Waals surface area contributed by atoms with Crippen LogP contribution in [0.5, 0.6) is 0 Å². The molecule has 4 nitrogen and oxygen atoms in total. The van der Waals surface area contributed by atoms with Crippen LogP contribution in [0.2, 0.25) is 0 Å². The van der Waals surface area contributed by atoms with Gasteiger partial charge in [-0.3, -0.25) is 9.69 Å². The topological polar surface area (TPSA) is 37.3 Å². The minimum absolute atomic E-state index is 0.0406. The van der Waals surface area contributed by atoms with E-state index in [4.69, 9.17) is 0 Å². The van der Waals surface area contributed by atoms with Crippen LogP contribution in [-0.2, 0) is 17.9 Å². The van der Waals surface area contributed by atoms with Gasteiger partial charge < -0.3 is 9.88 Å². The Morgan fingerprint density at radius 2 is 1.60 bits per heavy atom. The third-order valence-electron chi connectivity index (χ3n) is 7.49. The van der Waals surface area contributed by atoms with Gasteiger partial charge in [-0.05, 0) is 74.0 Å². The minimum atomic E-state index is 0.0406. The number of hydrogen-bond acceptors (Lipinski definition) is 2. The predicted octanol–water partition coefficient (Wildman–Crippen LogP) is 6.09. The molecule has 1 aromatic heterocycles. The molecule has 1 aliphatic rings. The SMILES string of the molecule is Cc1ccccc1Cn1c(CN2CCC(C(=O)N[C@H](C)c3ccccc3)CC2)cc2ccccc21. The van der Waals surface area contributed by atoms with Crippen LogP contribution in [0.1, 0.15) is 48.2 Å². The molecular formula is C31H35N3O. The lowest BCUT2D eigenvalue weighted by molar-refractivity contribution is -0.127. The van der Waals surface area contributed by atoms with Crippen LogP contribution in [0.4, 0.5) is 0 Å². The van der Waals surface area contributed by atoms with Crippen molar-refractivity contribution in [1.82, 2.24) is 14.8 Å². The van der Waals surface area contributed by atoms with E-state index in [1.54, 1.807) is 0 Å². The molecule has 0 bridgehead atoms. The number of amides is 1. The molecule has 1 saturated heterocycles. The molecule has 0 radical (unpaired) electrons. The van der Waals surface area contributed by atoms with E-state index in [-0.39, 0.29) is 17.9 Å². The van der Waals surface area contributed by atoms with Gasteiger partial charge in [0.1, 0.15) is 0 Å². The number of benzene rings is 3. The Kier molecular flexibility index (Phi) is 7.01. The molecule has 3 aromatic carbocycles. The molecule has 1 aliphatic heterocycles. The lowest BCUT2D eigenvalue weighted by Crippen LogP contribution is -2.41. The van der Waals surface area contributed by atoms with Gasteiger partial charge in [0.25, 0.3) is 0 Å². The number of aromatic nitrogens is 1. The third kappa shape index (κ3) is 5.33. The Hall–Kier alpha value is -3.37. The van der Waals surface area contributed by atoms with Crippen molar-refractivity contribution in [2.75, 3.05) is 13.1 Å². The van der Waals surface area contributed by atoms with Crippen LogP contribution in [0.3, 0.4) is 0 Å². The fourth-order valence-corrected chi connectivity index (χ4v) is 5.28. The van der Waals surface area contributed by atoms with Gasteiger partial charge in [0.15, 0.2) is 0 Å². The molecule has 2 heterocycles. The summed E-state index contributed by atoms with van der Waals surface area (Å²) in [6.45, 7) is 7.94. The van der Waals surface area contributed by atoms with Crippen LogP contribution < -0.4 is 5.32 Å². The smallest absolute Gasteiger partial charge is 0.223 e. The van der Waals surface area contributed by atoms with E-state index in [2.05, 4.69) is 95.4 Å². The first kappa shape index (κ1) is 23.4. The molecule has 1 atom stereocenters. The highest BCUT2D eigenvalue weighted by Gasteiger charge is 2.26. The van der Waals surface area contributed by atoms with E-state index in [0.717, 1.165) is 44.6 Å². The maximum atomic E-state index is 12.9. The van der Waals surface area contributed by atoms with Gasteiger partial charge in [0.05, 0.1) is 6.04 Å². The van der Waals surface area contributed by atoms with E-state index in [1.165, 1.54) is 27.7 Å². The van der Waals surface area contributed by atoms with Crippen molar-refractivity contribution in [3.8, 4) is 0 Å². The van der Waals surface area contributed by atoms with Crippen molar-refractivity contribution in [2.45, 2.75) is 45.8 Å². The number of hydrogen-bond donors (Lipinski definition) is 1. The predicted molar refractivity (Wildman–Crippen MR) is 143 cm³/mol. The molecule has 35 heavy (non-hydrogen) atoms. The van der Waals surface area contributed by atoms with Gasteiger partial charge in [-0.1, -0.05) is 72.8 Å². The summed E-state index contributed by atoms with van der Waals surface area (Å²) in [5.74, 6) is 0.282. The van der Waals surface area contributed by atoms with Gasteiger partial charge in [-0.25, -0.2) is 0 Å². The molecule has 1 fully saturated rings. The number of carbonyl (C=O) groups is 1. The molecule has 5 rings (SSSR count). The van der Waals surface area contributed by atoms with Gasteiger partial charge >= 0.3 is 0 Å². The zero-order chi connectivity index (χ0) is 24.2. The summed E-state index contributed by atoms with van der Waals surface area (Å²) in [7, 11) is 0. The first-order chi connectivity index (χ1) is 17.1. The highest BCUT2D eigenvalue weighted by atomic mass is 16.1. The number of nitrogens with zero attached hydrogens (tertiary/aromatic N) is 2. The average Bonchev–Trinajstić information content (AvgIpc) is 3.23. The maximum Gasteiger partial charge on any atom is 0.223 e. The molecule has 0 unspecified atom stereocenters. The van der Waals surface area contributed by atoms with Gasteiger partial charge in [0, 0.05) is 30.2 Å². The Morgan fingerprint density at radius 1 is 0.914 bits per heavy atom. The third-order valence-corrected chi connectivity index (χ3v) is 7.49. The van der Waals surface area contributed by atoms with Gasteiger partial charge in [-0.15, -0.1) is 0 Å². The van der Waals surface area contributed by atoms with E-state index in [1.807, 2.05) is 18.2 Å². The summed E-state index contributed by atoms with van der Waals surface area (Å²) in [6, 6.07) is 29.9. The second kappa shape index (κ2) is 10.5. The van der Waals surface area contributed by atoms with Crippen molar-refractivity contribution < 1.29 is 4.79 Å². The standard InChI is InChI=1S/C31H35N3O/c1-23-10-6-7-14-28(23)21-34-29(20-27-13-8-9-15-30(27)34)22-33-18-16-26(17-19-33)31(35)32-24(2)25-11-4-3-5-12-25/h3-15,20,24,26H,16-19,21-22H2,1-2H3,(H,32,35)/t24-/m1/s1. The largest absolute Gasteiger partial charge is 0.349 e. The van der Waals surface area contributed by atoms with Crippen molar-refractivity contribution in [1.29, 1.82) is 0 Å². The van der Waals surface area contributed by atoms with Gasteiger partial charge in [0.2, 0.25) is 5.91 Å². The molecule has 1 amide bonds. The molecular weight excluding hydrogens is 430 g/mol. The fourth-order valence-electron chi connectivity index (χ4n) is 5.28. The zero-order valence-corrected chi connectivity index (χ0v) is 20.8. The highest BCUT2D eigenvalue weighted by Crippen LogP contribution is 2.26. The Bertz CT molecular complexity index is 1290. The molecule has 4 aromatic rings. The first-order valence-electron chi connectivity index (χ1n) is 12.8. The summed E-state index contributed by atoms with van der Waals surface area (Å²) >= 11 is 0. The number of fused-ring (bicyclic) bond motifs is 1. The molecule has 0 aliphatic carbocycles. The molecule has 0 spiro atoms. The Labute approximate surface area is 208 Å². The lowest BCUT2D eigenvalue weighted by Gasteiger charge is -2.32. The number of likely N-dealkylation sites (tertiary alicyclic amines) is 1. The van der Waals surface area contributed by atoms with Crippen molar-refractivity contribution in [3.05, 3.63) is 107 Å². The normalized spacial score (nSPS) is 15.8. The van der Waals surface area contributed by atoms with Crippen molar-refractivity contribution in [2.24, 2.45) is 5.92 Å². The van der Waals surface area contributed by atoms with Crippen LogP contribution >= 0.6 is 0 Å². The number of carbonyl (C=O) groups excluding carboxylic acids is 1. The van der Waals surface area contributed by atoms with Crippen LogP contribution in [0, 0.1) is 12.8 Å². The summed E-state index contributed by atoms with van der Waals surface area (Å²) in [5.41, 5.74) is 6.47. The number of para-hydroxylation sites is 1. The Morgan fingerprint density at radius 3 is 2.37 bits per heavy atom. The van der Waals surface area contributed by atoms with Crippen LogP contribution in [0.25, 0.3) is 10.9 Å². The number of nitrogens with one attached hydrogen (secondary N) is 1. The molecule has 180 valence electrons. The summed E-state index contributed by atoms with van der Waals surface area (Å²) < 4.78 is 2.47. The maximum absolute atomic E-state index is 12.9. The number of rotatable bonds is 7. The fraction of sp³-hybridized carbons (Fsp3) is 0.323. The molecule has 1 N–H and O–H groups in total. The van der Waals surface area contributed by atoms with E-state index in [0.29, 0.717) is 0 Å². The monoisotopic (exact) mass is 465 g/mol. The molecule has 0 saturated carbocycles. The zero-order valence-electron chi connectivity index (χ0n) is 20.8. The average molecular weight is 466 g/mol. The second-order valence-electron chi connectivity index (χ2n) is 9.90. The highest BCUT2D eigenvalue weighted by molar-refractivity contribution is 5.81. The van der Waals surface area contributed by atoms with E-state index >= 15 is 0 Å². The van der Waals surface area contributed by atoms with Crippen LogP contribution in [0.15, 0.2) is 84.9 Å². The van der Waals surface area contributed by atoms with E-state index in [9.17, 15) is 4.79 Å². The lowest BCUT2D eigenvalue weighted by atomic mass is 9.95. The van der Waals surface area contributed by atoms with Crippen molar-refractivity contribution >= 4 is 16.8 Å². The van der Waals surface area contributed by atoms with Gasteiger partial charge in [-0.2, -0.15) is 0 Å². The van der Waals surface area contributed by atoms with E-state index < -0.39 is 0 Å². The quantitative estimate of drug-likeness (QED) is 0.359. The van der Waals surface area contributed by atoms with Crippen LogP contribution in [-0.4, -0.2) is 28.5 Å². The molecule has 4 heteroatoms. The first-order valence-corrected chi connectivity index (χ1v) is 12.8. The summed E-state index contributed by atoms with van der Waals surface area (Å²) in [6.07, 6.45) is 1.82. The summed E-state index contributed by atoms with van der Waals surface area (Å²) in [4.78, 5) is 15.4. The number of aryl methyl sites for hydroxylation is 1. The second-order valence-corrected chi connectivity index (χ2v) is 9.90. The van der Waals surface area contributed by atoms with Crippen molar-refractivity contribution in [3.63, 3.8) is 0 Å². The Balaban J connectivity index is 1.24.